The molecule has 0 N–H and O–H groups in total. The number of carbonyl (C=O) groups is 1. The Kier molecular flexibility index (Phi) is 4.43. The minimum absolute atomic E-state index is 0.264. The number of likely N-dealkylation sites (tertiary alicyclic amines) is 1. The van der Waals surface area contributed by atoms with Crippen molar-refractivity contribution in [3.05, 3.63) is 0 Å². The minimum atomic E-state index is 0.264. The summed E-state index contributed by atoms with van der Waals surface area (Å²) < 4.78 is 0. The summed E-state index contributed by atoms with van der Waals surface area (Å²) in [7, 11) is 0. The molecular formula is C12H23NO. The molecule has 1 heterocycles. The smallest absolute Gasteiger partial charge is 0.225 e. The Morgan fingerprint density at radius 1 is 1.43 bits per heavy atom. The lowest BCUT2D eigenvalue weighted by atomic mass is 9.96. The first-order valence-corrected chi connectivity index (χ1v) is 5.97. The van der Waals surface area contributed by atoms with Crippen LogP contribution in [0.3, 0.4) is 0 Å². The molecule has 14 heavy (non-hydrogen) atoms. The zero-order valence-electron chi connectivity index (χ0n) is 9.75. The highest BCUT2D eigenvalue weighted by Gasteiger charge is 2.25. The van der Waals surface area contributed by atoms with Crippen LogP contribution in [-0.2, 0) is 4.79 Å². The zero-order chi connectivity index (χ0) is 10.6. The molecular weight excluding hydrogens is 174 g/mol. The van der Waals surface area contributed by atoms with Crippen molar-refractivity contribution < 1.29 is 4.79 Å². The summed E-state index contributed by atoms with van der Waals surface area (Å²) in [5.74, 6) is 1.35. The molecule has 1 saturated heterocycles. The second-order valence-corrected chi connectivity index (χ2v) is 4.55. The zero-order valence-corrected chi connectivity index (χ0v) is 9.75. The maximum absolute atomic E-state index is 12.0. The molecule has 0 aromatic rings. The van der Waals surface area contributed by atoms with Gasteiger partial charge in [0.2, 0.25) is 5.91 Å². The first-order valence-electron chi connectivity index (χ1n) is 5.97. The molecule has 0 aromatic carbocycles. The van der Waals surface area contributed by atoms with Crippen molar-refractivity contribution in [3.8, 4) is 0 Å². The lowest BCUT2D eigenvalue weighted by molar-refractivity contribution is -0.137. The molecule has 0 unspecified atom stereocenters. The Balaban J connectivity index is 2.50. The van der Waals surface area contributed by atoms with Crippen LogP contribution >= 0.6 is 0 Å². The van der Waals surface area contributed by atoms with Crippen molar-refractivity contribution in [2.24, 2.45) is 11.8 Å². The highest BCUT2D eigenvalue weighted by Crippen LogP contribution is 2.19. The third-order valence-electron chi connectivity index (χ3n) is 3.30. The van der Waals surface area contributed by atoms with Gasteiger partial charge in [-0.3, -0.25) is 4.79 Å². The Hall–Kier alpha value is -0.530. The van der Waals surface area contributed by atoms with Gasteiger partial charge < -0.3 is 4.90 Å². The number of amides is 1. The Labute approximate surface area is 87.7 Å². The molecule has 1 fully saturated rings. The van der Waals surface area contributed by atoms with E-state index in [1.165, 1.54) is 12.8 Å². The summed E-state index contributed by atoms with van der Waals surface area (Å²) in [5, 5.41) is 0. The molecule has 1 rings (SSSR count). The number of hydrogen-bond donors (Lipinski definition) is 0. The standard InChI is InChI=1S/C12H23NO/c1-4-11(5-2)12(14)13-8-6-7-10(3)9-13/h10-11H,4-9H2,1-3H3/t10-/m0/s1. The molecule has 1 atom stereocenters. The Morgan fingerprint density at radius 3 is 2.57 bits per heavy atom. The second kappa shape index (κ2) is 5.38. The number of carbonyl (C=O) groups excluding carboxylic acids is 1. The topological polar surface area (TPSA) is 20.3 Å². The van der Waals surface area contributed by atoms with Gasteiger partial charge in [-0.05, 0) is 31.6 Å². The van der Waals surface area contributed by atoms with Crippen LogP contribution in [-0.4, -0.2) is 23.9 Å². The van der Waals surface area contributed by atoms with E-state index in [4.69, 9.17) is 0 Å². The number of hydrogen-bond acceptors (Lipinski definition) is 1. The number of piperidine rings is 1. The SMILES string of the molecule is CCC(CC)C(=O)N1CCC[C@H](C)C1. The predicted octanol–water partition coefficient (Wildman–Crippen LogP) is 2.68. The van der Waals surface area contributed by atoms with Crippen molar-refractivity contribution >= 4 is 5.91 Å². The summed E-state index contributed by atoms with van der Waals surface area (Å²) in [5.41, 5.74) is 0. The summed E-state index contributed by atoms with van der Waals surface area (Å²) in [6.45, 7) is 8.43. The molecule has 0 spiro atoms. The first kappa shape index (κ1) is 11.5. The maximum Gasteiger partial charge on any atom is 0.225 e. The molecule has 0 bridgehead atoms. The van der Waals surface area contributed by atoms with Crippen molar-refractivity contribution in [3.63, 3.8) is 0 Å². The van der Waals surface area contributed by atoms with E-state index in [1.54, 1.807) is 0 Å². The molecule has 82 valence electrons. The lowest BCUT2D eigenvalue weighted by Gasteiger charge is -2.33. The molecule has 0 radical (unpaired) electrons. The fourth-order valence-electron chi connectivity index (χ4n) is 2.29. The van der Waals surface area contributed by atoms with Crippen molar-refractivity contribution in [1.29, 1.82) is 0 Å². The van der Waals surface area contributed by atoms with E-state index >= 15 is 0 Å². The van der Waals surface area contributed by atoms with Gasteiger partial charge in [0.15, 0.2) is 0 Å². The largest absolute Gasteiger partial charge is 0.342 e. The molecule has 1 aliphatic rings. The van der Waals surface area contributed by atoms with Crippen LogP contribution in [0.1, 0.15) is 46.5 Å². The van der Waals surface area contributed by atoms with Gasteiger partial charge in [0.25, 0.3) is 0 Å². The maximum atomic E-state index is 12.0. The van der Waals surface area contributed by atoms with Gasteiger partial charge in [-0.15, -0.1) is 0 Å². The van der Waals surface area contributed by atoms with Crippen LogP contribution in [0.4, 0.5) is 0 Å². The van der Waals surface area contributed by atoms with Crippen LogP contribution in [0.2, 0.25) is 0 Å². The quantitative estimate of drug-likeness (QED) is 0.681. The summed E-state index contributed by atoms with van der Waals surface area (Å²) in [6.07, 6.45) is 4.44. The van der Waals surface area contributed by atoms with E-state index in [0.29, 0.717) is 11.8 Å². The van der Waals surface area contributed by atoms with Crippen molar-refractivity contribution in [2.45, 2.75) is 46.5 Å². The van der Waals surface area contributed by atoms with E-state index in [9.17, 15) is 4.79 Å². The Bertz CT molecular complexity index is 187. The molecule has 2 nitrogen and oxygen atoms in total. The third-order valence-corrected chi connectivity index (χ3v) is 3.30. The third kappa shape index (κ3) is 2.73. The van der Waals surface area contributed by atoms with Crippen LogP contribution in [0.15, 0.2) is 0 Å². The second-order valence-electron chi connectivity index (χ2n) is 4.55. The Morgan fingerprint density at radius 2 is 2.07 bits per heavy atom. The predicted molar refractivity (Wildman–Crippen MR) is 59.1 cm³/mol. The van der Waals surface area contributed by atoms with Gasteiger partial charge in [-0.25, -0.2) is 0 Å². The lowest BCUT2D eigenvalue weighted by Crippen LogP contribution is -2.42. The summed E-state index contributed by atoms with van der Waals surface area (Å²) >= 11 is 0. The van der Waals surface area contributed by atoms with Crippen LogP contribution < -0.4 is 0 Å². The van der Waals surface area contributed by atoms with E-state index in [1.807, 2.05) is 0 Å². The molecule has 0 aliphatic carbocycles. The number of rotatable bonds is 3. The number of nitrogens with zero attached hydrogens (tertiary/aromatic N) is 1. The normalized spacial score (nSPS) is 22.9. The highest BCUT2D eigenvalue weighted by molar-refractivity contribution is 5.78. The van der Waals surface area contributed by atoms with Crippen molar-refractivity contribution in [2.75, 3.05) is 13.1 Å². The van der Waals surface area contributed by atoms with E-state index < -0.39 is 0 Å². The van der Waals surface area contributed by atoms with Crippen LogP contribution in [0, 0.1) is 11.8 Å². The van der Waals surface area contributed by atoms with Crippen molar-refractivity contribution in [1.82, 2.24) is 4.90 Å². The van der Waals surface area contributed by atoms with Crippen LogP contribution in [0.25, 0.3) is 0 Å². The van der Waals surface area contributed by atoms with E-state index in [0.717, 1.165) is 25.9 Å². The highest BCUT2D eigenvalue weighted by atomic mass is 16.2. The minimum Gasteiger partial charge on any atom is -0.342 e. The van der Waals surface area contributed by atoms with Gasteiger partial charge in [-0.1, -0.05) is 20.8 Å². The fraction of sp³-hybridized carbons (Fsp3) is 0.917. The van der Waals surface area contributed by atoms with Gasteiger partial charge in [0.05, 0.1) is 0 Å². The molecule has 1 aliphatic heterocycles. The first-order chi connectivity index (χ1) is 6.69. The van der Waals surface area contributed by atoms with E-state index in [-0.39, 0.29) is 5.92 Å². The molecule has 0 aromatic heterocycles. The molecule has 0 saturated carbocycles. The average molecular weight is 197 g/mol. The molecule has 1 amide bonds. The summed E-state index contributed by atoms with van der Waals surface area (Å²) in [4.78, 5) is 14.1. The van der Waals surface area contributed by atoms with Gasteiger partial charge in [0, 0.05) is 19.0 Å². The van der Waals surface area contributed by atoms with Gasteiger partial charge in [0.1, 0.15) is 0 Å². The average Bonchev–Trinajstić information content (AvgIpc) is 2.19. The fourth-order valence-corrected chi connectivity index (χ4v) is 2.29. The van der Waals surface area contributed by atoms with E-state index in [2.05, 4.69) is 25.7 Å². The summed E-state index contributed by atoms with van der Waals surface area (Å²) in [6, 6.07) is 0. The van der Waals surface area contributed by atoms with Gasteiger partial charge >= 0.3 is 0 Å². The molecule has 2 heteroatoms. The van der Waals surface area contributed by atoms with Crippen LogP contribution in [0.5, 0.6) is 0 Å². The monoisotopic (exact) mass is 197 g/mol. The van der Waals surface area contributed by atoms with Gasteiger partial charge in [-0.2, -0.15) is 0 Å².